The summed E-state index contributed by atoms with van der Waals surface area (Å²) in [6.45, 7) is 2.63. The lowest BCUT2D eigenvalue weighted by atomic mass is 9.95. The number of aryl methyl sites for hydroxylation is 1. The molecule has 1 amide bonds. The van der Waals surface area contributed by atoms with E-state index in [-0.39, 0.29) is 16.7 Å². The van der Waals surface area contributed by atoms with Gasteiger partial charge in [-0.15, -0.1) is 0 Å². The number of sulfonamides is 1. The maximum absolute atomic E-state index is 13.3. The van der Waals surface area contributed by atoms with Gasteiger partial charge < -0.3 is 5.32 Å². The highest BCUT2D eigenvalue weighted by molar-refractivity contribution is 7.89. The number of benzene rings is 2. The largest absolute Gasteiger partial charge is 0.306 e. The van der Waals surface area contributed by atoms with Crippen molar-refractivity contribution in [2.45, 2.75) is 30.6 Å². The zero-order valence-electron chi connectivity index (χ0n) is 22.2. The van der Waals surface area contributed by atoms with Gasteiger partial charge in [-0.05, 0) is 56.2 Å². The second kappa shape index (κ2) is 10.6. The Morgan fingerprint density at radius 2 is 1.85 bits per heavy atom. The summed E-state index contributed by atoms with van der Waals surface area (Å²) >= 11 is 0. The number of amides is 1. The number of carbonyl (C=O) groups excluding carboxylic acids is 1. The molecular formula is C29H26N8O3S. The molecule has 11 nitrogen and oxygen atoms in total. The van der Waals surface area contributed by atoms with Crippen LogP contribution in [-0.4, -0.2) is 56.1 Å². The molecule has 0 radical (unpaired) electrons. The zero-order chi connectivity index (χ0) is 28.6. The number of fused-ring (bicyclic) bond motifs is 1. The van der Waals surface area contributed by atoms with E-state index in [0.29, 0.717) is 48.5 Å². The summed E-state index contributed by atoms with van der Waals surface area (Å²) < 4.78 is 31.2. The Morgan fingerprint density at radius 3 is 2.61 bits per heavy atom. The van der Waals surface area contributed by atoms with Gasteiger partial charge in [-0.3, -0.25) is 4.79 Å². The van der Waals surface area contributed by atoms with Crippen LogP contribution < -0.4 is 5.32 Å². The highest BCUT2D eigenvalue weighted by Crippen LogP contribution is 2.32. The van der Waals surface area contributed by atoms with Crippen molar-refractivity contribution in [3.8, 4) is 11.8 Å². The van der Waals surface area contributed by atoms with Crippen LogP contribution in [0.5, 0.6) is 0 Å². The number of carbonyl (C=O) groups is 1. The summed E-state index contributed by atoms with van der Waals surface area (Å²) in [6, 6.07) is 19.5. The van der Waals surface area contributed by atoms with Crippen LogP contribution in [0, 0.1) is 18.3 Å². The number of piperidine rings is 1. The zero-order valence-corrected chi connectivity index (χ0v) is 23.0. The minimum atomic E-state index is -3.72. The third-order valence-corrected chi connectivity index (χ3v) is 9.14. The monoisotopic (exact) mass is 566 g/mol. The third kappa shape index (κ3) is 5.08. The number of nitrogens with one attached hydrogen (secondary N) is 1. The number of rotatable bonds is 6. The highest BCUT2D eigenvalue weighted by Gasteiger charge is 2.32. The first-order valence-electron chi connectivity index (χ1n) is 13.1. The van der Waals surface area contributed by atoms with Crippen molar-refractivity contribution in [2.75, 3.05) is 18.4 Å². The SMILES string of the molecule is Cc1ccc(-n2nc(C3CCN(S(=O)(=O)c4cccc(C#N)c4)CC3)cc2NC(=O)c2cnn3cccnc23)cc1. The van der Waals surface area contributed by atoms with Crippen molar-refractivity contribution in [1.82, 2.24) is 28.7 Å². The molecule has 0 atom stereocenters. The topological polar surface area (TPSA) is 138 Å². The number of hydrogen-bond donors (Lipinski definition) is 1. The smallest absolute Gasteiger partial charge is 0.262 e. The van der Waals surface area contributed by atoms with Gasteiger partial charge in [0, 0.05) is 37.5 Å². The van der Waals surface area contributed by atoms with Crippen molar-refractivity contribution < 1.29 is 13.2 Å². The molecule has 0 bridgehead atoms. The molecule has 12 heteroatoms. The van der Waals surface area contributed by atoms with Gasteiger partial charge in [-0.25, -0.2) is 22.6 Å². The van der Waals surface area contributed by atoms with Crippen LogP contribution >= 0.6 is 0 Å². The molecule has 206 valence electrons. The second-order valence-electron chi connectivity index (χ2n) is 9.92. The van der Waals surface area contributed by atoms with Crippen LogP contribution in [0.15, 0.2) is 84.1 Å². The van der Waals surface area contributed by atoms with Gasteiger partial charge in [-0.2, -0.15) is 19.8 Å². The molecule has 0 spiro atoms. The van der Waals surface area contributed by atoms with E-state index in [2.05, 4.69) is 15.4 Å². The first-order chi connectivity index (χ1) is 19.8. The summed E-state index contributed by atoms with van der Waals surface area (Å²) in [5, 5.41) is 21.2. The number of aromatic nitrogens is 5. The van der Waals surface area contributed by atoms with Crippen molar-refractivity contribution >= 4 is 27.4 Å². The Hall–Kier alpha value is -4.86. The Morgan fingerprint density at radius 1 is 1.07 bits per heavy atom. The normalized spacial score (nSPS) is 14.6. The van der Waals surface area contributed by atoms with E-state index in [4.69, 9.17) is 5.10 Å². The Bertz CT molecular complexity index is 1900. The standard InChI is InChI=1S/C29H26N8O3S/c1-20-6-8-23(9-7-20)37-27(33-29(38)25-19-32-36-13-3-12-31-28(25)36)17-26(34-37)22-10-14-35(15-11-22)41(39,40)24-5-2-4-21(16-24)18-30/h2-9,12-13,16-17,19,22H,10-11,14-15H2,1H3,(H,33,38). The van der Waals surface area contributed by atoms with E-state index in [1.807, 2.05) is 43.3 Å². The molecule has 0 saturated carbocycles. The van der Waals surface area contributed by atoms with Crippen molar-refractivity contribution in [1.29, 1.82) is 5.26 Å². The quantitative estimate of drug-likeness (QED) is 0.329. The van der Waals surface area contributed by atoms with Gasteiger partial charge in [0.05, 0.1) is 34.1 Å². The molecule has 0 unspecified atom stereocenters. The molecular weight excluding hydrogens is 540 g/mol. The second-order valence-corrected chi connectivity index (χ2v) is 11.9. The predicted octanol–water partition coefficient (Wildman–Crippen LogP) is 3.92. The molecule has 1 saturated heterocycles. The van der Waals surface area contributed by atoms with E-state index in [1.165, 1.54) is 27.2 Å². The average Bonchev–Trinajstić information content (AvgIpc) is 3.62. The van der Waals surface area contributed by atoms with Gasteiger partial charge >= 0.3 is 0 Å². The van der Waals surface area contributed by atoms with Gasteiger partial charge in [-0.1, -0.05) is 23.8 Å². The molecule has 0 aliphatic carbocycles. The molecule has 5 aromatic rings. The third-order valence-electron chi connectivity index (χ3n) is 7.25. The lowest BCUT2D eigenvalue weighted by Crippen LogP contribution is -2.38. The van der Waals surface area contributed by atoms with Gasteiger partial charge in [0.2, 0.25) is 10.0 Å². The molecule has 41 heavy (non-hydrogen) atoms. The van der Waals surface area contributed by atoms with E-state index < -0.39 is 10.0 Å². The first kappa shape index (κ1) is 26.4. The van der Waals surface area contributed by atoms with Crippen LogP contribution in [0.4, 0.5) is 5.82 Å². The molecule has 2 aromatic carbocycles. The minimum Gasteiger partial charge on any atom is -0.306 e. The number of nitriles is 1. The average molecular weight is 567 g/mol. The van der Waals surface area contributed by atoms with Gasteiger partial charge in [0.1, 0.15) is 11.4 Å². The minimum absolute atomic E-state index is 0.00659. The highest BCUT2D eigenvalue weighted by atomic mass is 32.2. The lowest BCUT2D eigenvalue weighted by molar-refractivity contribution is 0.102. The maximum atomic E-state index is 13.3. The van der Waals surface area contributed by atoms with Crippen LogP contribution in [-0.2, 0) is 10.0 Å². The molecule has 3 aromatic heterocycles. The molecule has 6 rings (SSSR count). The van der Waals surface area contributed by atoms with Crippen LogP contribution in [0.1, 0.15) is 45.9 Å². The predicted molar refractivity (Wildman–Crippen MR) is 151 cm³/mol. The molecule has 4 heterocycles. The summed E-state index contributed by atoms with van der Waals surface area (Å²) in [4.78, 5) is 17.7. The Balaban J connectivity index is 1.26. The Kier molecular flexibility index (Phi) is 6.82. The Labute approximate surface area is 236 Å². The fourth-order valence-corrected chi connectivity index (χ4v) is 6.52. The fraction of sp³-hybridized carbons (Fsp3) is 0.207. The molecule has 1 fully saturated rings. The van der Waals surface area contributed by atoms with Crippen molar-refractivity contribution in [3.63, 3.8) is 0 Å². The number of nitrogens with zero attached hydrogens (tertiary/aromatic N) is 7. The van der Waals surface area contributed by atoms with Crippen LogP contribution in [0.2, 0.25) is 0 Å². The summed E-state index contributed by atoms with van der Waals surface area (Å²) in [5.41, 5.74) is 3.73. The van der Waals surface area contributed by atoms with E-state index in [1.54, 1.807) is 35.3 Å². The first-order valence-corrected chi connectivity index (χ1v) is 14.5. The van der Waals surface area contributed by atoms with E-state index >= 15 is 0 Å². The van der Waals surface area contributed by atoms with Gasteiger partial charge in [0.25, 0.3) is 5.91 Å². The van der Waals surface area contributed by atoms with E-state index in [0.717, 1.165) is 16.9 Å². The van der Waals surface area contributed by atoms with Crippen molar-refractivity contribution in [3.05, 3.63) is 102 Å². The van der Waals surface area contributed by atoms with Crippen LogP contribution in [0.25, 0.3) is 11.3 Å². The summed E-state index contributed by atoms with van der Waals surface area (Å²) in [7, 11) is -3.72. The van der Waals surface area contributed by atoms with E-state index in [9.17, 15) is 18.5 Å². The summed E-state index contributed by atoms with van der Waals surface area (Å²) in [5.74, 6) is 0.124. The van der Waals surface area contributed by atoms with Gasteiger partial charge in [0.15, 0.2) is 5.65 Å². The van der Waals surface area contributed by atoms with Crippen LogP contribution in [0.3, 0.4) is 0 Å². The van der Waals surface area contributed by atoms with Crippen molar-refractivity contribution in [2.24, 2.45) is 0 Å². The lowest BCUT2D eigenvalue weighted by Gasteiger charge is -2.30. The molecule has 1 aliphatic heterocycles. The molecule has 1 N–H and O–H groups in total. The number of hydrogen-bond acceptors (Lipinski definition) is 7. The summed E-state index contributed by atoms with van der Waals surface area (Å²) in [6.07, 6.45) is 5.93. The molecule has 1 aliphatic rings. The maximum Gasteiger partial charge on any atom is 0.262 e. The fourth-order valence-electron chi connectivity index (χ4n) is 5.01. The number of anilines is 1.